The number of carbonyl (C=O) groups excluding carboxylic acids is 1. The Hall–Kier alpha value is -2.86. The number of rotatable bonds is 5. The monoisotopic (exact) mass is 342 g/mol. The molecule has 0 aromatic heterocycles. The highest BCUT2D eigenvalue weighted by atomic mass is 32.1. The Bertz CT molecular complexity index is 742. The molecule has 0 fully saturated rings. The highest BCUT2D eigenvalue weighted by molar-refractivity contribution is 7.80. The van der Waals surface area contributed by atoms with Gasteiger partial charge in [-0.1, -0.05) is 18.2 Å². The van der Waals surface area contributed by atoms with Crippen molar-refractivity contribution in [2.24, 2.45) is 0 Å². The number of carbonyl (C=O) groups is 1. The van der Waals surface area contributed by atoms with Gasteiger partial charge in [0.2, 0.25) is 5.91 Å². The summed E-state index contributed by atoms with van der Waals surface area (Å²) >= 11 is 5.06. The molecule has 24 heavy (non-hydrogen) atoms. The quantitative estimate of drug-likeness (QED) is 0.574. The Morgan fingerprint density at radius 1 is 1.25 bits per heavy atom. The molecule has 0 unspecified atom stereocenters. The smallest absolute Gasteiger partial charge is 0.250 e. The second-order valence-electron chi connectivity index (χ2n) is 4.83. The summed E-state index contributed by atoms with van der Waals surface area (Å²) in [5.41, 5.74) is 1.47. The van der Waals surface area contributed by atoms with E-state index in [0.29, 0.717) is 12.3 Å². The van der Waals surface area contributed by atoms with E-state index in [-0.39, 0.29) is 16.8 Å². The number of amides is 1. The zero-order valence-corrected chi connectivity index (χ0v) is 14.0. The van der Waals surface area contributed by atoms with Crippen molar-refractivity contribution in [1.82, 2.24) is 5.32 Å². The Morgan fingerprint density at radius 3 is 2.67 bits per heavy atom. The van der Waals surface area contributed by atoms with Crippen molar-refractivity contribution in [1.29, 1.82) is 0 Å². The summed E-state index contributed by atoms with van der Waals surface area (Å²) in [7, 11) is 0. The number of benzene rings is 2. The van der Waals surface area contributed by atoms with Gasteiger partial charge >= 0.3 is 0 Å². The molecule has 0 bridgehead atoms. The molecule has 2 aromatic carbocycles. The van der Waals surface area contributed by atoms with Gasteiger partial charge in [0.1, 0.15) is 11.5 Å². The van der Waals surface area contributed by atoms with Crippen LogP contribution in [0.1, 0.15) is 12.5 Å². The van der Waals surface area contributed by atoms with Crippen LogP contribution in [-0.4, -0.2) is 22.7 Å². The number of ether oxygens (including phenoxy) is 1. The SMILES string of the molecule is CCOc1ccc(/C=C/C(=O)NC(=S)Nc2cccc(O)c2)cc1. The number of aromatic hydroxyl groups is 1. The molecule has 0 heterocycles. The molecule has 0 saturated carbocycles. The summed E-state index contributed by atoms with van der Waals surface area (Å²) in [5, 5.41) is 14.9. The van der Waals surface area contributed by atoms with Crippen molar-refractivity contribution < 1.29 is 14.6 Å². The van der Waals surface area contributed by atoms with Gasteiger partial charge in [-0.05, 0) is 55.0 Å². The van der Waals surface area contributed by atoms with E-state index in [1.165, 1.54) is 12.1 Å². The zero-order chi connectivity index (χ0) is 17.4. The molecule has 2 rings (SSSR count). The van der Waals surface area contributed by atoms with Gasteiger partial charge in [0.25, 0.3) is 0 Å². The number of phenolic OH excluding ortho intramolecular Hbond substituents is 1. The standard InChI is InChI=1S/C18H18N2O3S/c1-2-23-16-9-6-13(7-10-16)8-11-17(22)20-18(24)19-14-4-3-5-15(21)12-14/h3-12,21H,2H2,1H3,(H2,19,20,22,24)/b11-8+. The van der Waals surface area contributed by atoms with Crippen molar-refractivity contribution in [2.75, 3.05) is 11.9 Å². The highest BCUT2D eigenvalue weighted by Crippen LogP contribution is 2.15. The predicted octanol–water partition coefficient (Wildman–Crippen LogP) is 3.32. The molecule has 0 saturated heterocycles. The van der Waals surface area contributed by atoms with Gasteiger partial charge < -0.3 is 15.2 Å². The number of anilines is 1. The lowest BCUT2D eigenvalue weighted by Crippen LogP contribution is -2.32. The minimum Gasteiger partial charge on any atom is -0.508 e. The molecule has 6 heteroatoms. The van der Waals surface area contributed by atoms with Crippen LogP contribution in [0.3, 0.4) is 0 Å². The Labute approximate surface area is 146 Å². The minimum atomic E-state index is -0.346. The molecule has 1 amide bonds. The second-order valence-corrected chi connectivity index (χ2v) is 5.24. The van der Waals surface area contributed by atoms with Gasteiger partial charge in [-0.3, -0.25) is 10.1 Å². The van der Waals surface area contributed by atoms with Gasteiger partial charge in [-0.25, -0.2) is 0 Å². The van der Waals surface area contributed by atoms with E-state index >= 15 is 0 Å². The van der Waals surface area contributed by atoms with E-state index in [4.69, 9.17) is 17.0 Å². The van der Waals surface area contributed by atoms with Crippen molar-refractivity contribution >= 4 is 35.0 Å². The minimum absolute atomic E-state index is 0.115. The van der Waals surface area contributed by atoms with Crippen LogP contribution in [0.5, 0.6) is 11.5 Å². The van der Waals surface area contributed by atoms with Gasteiger partial charge in [-0.2, -0.15) is 0 Å². The lowest BCUT2D eigenvalue weighted by molar-refractivity contribution is -0.115. The van der Waals surface area contributed by atoms with Crippen molar-refractivity contribution in [2.45, 2.75) is 6.92 Å². The van der Waals surface area contributed by atoms with Gasteiger partial charge in [0.05, 0.1) is 6.61 Å². The number of hydrogen-bond acceptors (Lipinski definition) is 4. The summed E-state index contributed by atoms with van der Waals surface area (Å²) in [4.78, 5) is 11.9. The maximum Gasteiger partial charge on any atom is 0.250 e. The first-order valence-electron chi connectivity index (χ1n) is 7.39. The van der Waals surface area contributed by atoms with Crippen LogP contribution < -0.4 is 15.4 Å². The van der Waals surface area contributed by atoms with Crippen LogP contribution in [0.15, 0.2) is 54.6 Å². The van der Waals surface area contributed by atoms with Crippen LogP contribution in [0.25, 0.3) is 6.08 Å². The molecule has 0 atom stereocenters. The molecule has 0 spiro atoms. The first kappa shape index (κ1) is 17.5. The molecule has 124 valence electrons. The van der Waals surface area contributed by atoms with Gasteiger partial charge in [0.15, 0.2) is 5.11 Å². The lowest BCUT2D eigenvalue weighted by atomic mass is 10.2. The number of thiocarbonyl (C=S) groups is 1. The average Bonchev–Trinajstić information content (AvgIpc) is 2.54. The fourth-order valence-corrected chi connectivity index (χ4v) is 2.13. The topological polar surface area (TPSA) is 70.6 Å². The number of phenols is 1. The van der Waals surface area contributed by atoms with Gasteiger partial charge in [-0.15, -0.1) is 0 Å². The normalized spacial score (nSPS) is 10.4. The van der Waals surface area contributed by atoms with Gasteiger partial charge in [0, 0.05) is 17.8 Å². The van der Waals surface area contributed by atoms with Crippen LogP contribution in [-0.2, 0) is 4.79 Å². The molecule has 0 aliphatic heterocycles. The second kappa shape index (κ2) is 8.69. The molecule has 0 radical (unpaired) electrons. The van der Waals surface area contributed by atoms with E-state index in [9.17, 15) is 9.90 Å². The maximum atomic E-state index is 11.9. The Balaban J connectivity index is 1.86. The van der Waals surface area contributed by atoms with Crippen LogP contribution in [0, 0.1) is 0 Å². The Kier molecular flexibility index (Phi) is 6.33. The van der Waals surface area contributed by atoms with E-state index in [1.54, 1.807) is 24.3 Å². The molecular weight excluding hydrogens is 324 g/mol. The van der Waals surface area contributed by atoms with Crippen molar-refractivity contribution in [3.8, 4) is 11.5 Å². The van der Waals surface area contributed by atoms with Crippen molar-refractivity contribution in [3.05, 3.63) is 60.2 Å². The Morgan fingerprint density at radius 2 is 2.00 bits per heavy atom. The summed E-state index contributed by atoms with van der Waals surface area (Å²) < 4.78 is 5.36. The predicted molar refractivity (Wildman–Crippen MR) is 99.1 cm³/mol. The van der Waals surface area contributed by atoms with Crippen molar-refractivity contribution in [3.63, 3.8) is 0 Å². The first-order valence-corrected chi connectivity index (χ1v) is 7.79. The summed E-state index contributed by atoms with van der Waals surface area (Å²) in [5.74, 6) is 0.557. The van der Waals surface area contributed by atoms with E-state index < -0.39 is 0 Å². The molecular formula is C18H18N2O3S. The van der Waals surface area contributed by atoms with Crippen LogP contribution in [0.2, 0.25) is 0 Å². The zero-order valence-electron chi connectivity index (χ0n) is 13.2. The molecule has 3 N–H and O–H groups in total. The van der Waals surface area contributed by atoms with E-state index in [0.717, 1.165) is 11.3 Å². The van der Waals surface area contributed by atoms with E-state index in [1.807, 2.05) is 31.2 Å². The third-order valence-corrected chi connectivity index (χ3v) is 3.16. The lowest BCUT2D eigenvalue weighted by Gasteiger charge is -2.08. The largest absolute Gasteiger partial charge is 0.508 e. The maximum absolute atomic E-state index is 11.9. The number of nitrogens with one attached hydrogen (secondary N) is 2. The molecule has 2 aromatic rings. The fourth-order valence-electron chi connectivity index (χ4n) is 1.91. The highest BCUT2D eigenvalue weighted by Gasteiger charge is 2.02. The van der Waals surface area contributed by atoms with E-state index in [2.05, 4.69) is 10.6 Å². The average molecular weight is 342 g/mol. The molecule has 0 aliphatic rings. The van der Waals surface area contributed by atoms with Crippen LogP contribution in [0.4, 0.5) is 5.69 Å². The summed E-state index contributed by atoms with van der Waals surface area (Å²) in [6.07, 6.45) is 3.08. The third-order valence-electron chi connectivity index (χ3n) is 2.96. The van der Waals surface area contributed by atoms with Crippen LogP contribution >= 0.6 is 12.2 Å². The fraction of sp³-hybridized carbons (Fsp3) is 0.111. The first-order chi connectivity index (χ1) is 11.6. The molecule has 0 aliphatic carbocycles. The summed E-state index contributed by atoms with van der Waals surface area (Å²) in [6, 6.07) is 13.9. The number of hydrogen-bond donors (Lipinski definition) is 3. The molecule has 5 nitrogen and oxygen atoms in total. The third kappa shape index (κ3) is 5.73. The summed E-state index contributed by atoms with van der Waals surface area (Å²) in [6.45, 7) is 2.53.